The lowest BCUT2D eigenvalue weighted by molar-refractivity contribution is 0.102. The van der Waals surface area contributed by atoms with Crippen LogP contribution in [0.3, 0.4) is 0 Å². The maximum atomic E-state index is 11.7. The lowest BCUT2D eigenvalue weighted by atomic mass is 10.3. The number of aryl methyl sites for hydroxylation is 1. The van der Waals surface area contributed by atoms with Crippen molar-refractivity contribution in [2.24, 2.45) is 7.05 Å². The summed E-state index contributed by atoms with van der Waals surface area (Å²) in [7, 11) is 1.73. The second-order valence-electron chi connectivity index (χ2n) is 3.40. The number of rotatable bonds is 2. The molecule has 0 unspecified atom stereocenters. The third-order valence-electron chi connectivity index (χ3n) is 2.10. The normalized spacial score (nSPS) is 9.65. The predicted molar refractivity (Wildman–Crippen MR) is 60.1 cm³/mol. The van der Waals surface area contributed by atoms with Crippen LogP contribution in [0, 0.1) is 11.3 Å². The van der Waals surface area contributed by atoms with Crippen LogP contribution in [0.2, 0.25) is 0 Å². The number of pyridine rings is 1. The highest BCUT2D eigenvalue weighted by atomic mass is 16.1. The van der Waals surface area contributed by atoms with Gasteiger partial charge < -0.3 is 5.32 Å². The summed E-state index contributed by atoms with van der Waals surface area (Å²) in [5, 5.41) is 15.1. The highest BCUT2D eigenvalue weighted by Gasteiger charge is 2.08. The summed E-state index contributed by atoms with van der Waals surface area (Å²) < 4.78 is 1.54. The SMILES string of the molecule is Cn1cc(C(=O)Nc2ccc(C#N)cn2)cn1. The average Bonchev–Trinajstić information content (AvgIpc) is 2.77. The number of nitrogens with zero attached hydrogens (tertiary/aromatic N) is 4. The number of amides is 1. The van der Waals surface area contributed by atoms with Crippen LogP contribution >= 0.6 is 0 Å². The molecule has 84 valence electrons. The molecule has 2 rings (SSSR count). The molecular weight excluding hydrogens is 218 g/mol. The van der Waals surface area contributed by atoms with Gasteiger partial charge in [-0.25, -0.2) is 4.98 Å². The van der Waals surface area contributed by atoms with Crippen LogP contribution in [-0.2, 0) is 7.05 Å². The molecule has 0 bridgehead atoms. The van der Waals surface area contributed by atoms with Crippen molar-refractivity contribution in [3.63, 3.8) is 0 Å². The van der Waals surface area contributed by atoms with Crippen LogP contribution in [0.4, 0.5) is 5.82 Å². The summed E-state index contributed by atoms with van der Waals surface area (Å²) in [6.07, 6.45) is 4.48. The van der Waals surface area contributed by atoms with Crippen molar-refractivity contribution in [1.82, 2.24) is 14.8 Å². The minimum absolute atomic E-state index is 0.282. The van der Waals surface area contributed by atoms with Crippen LogP contribution in [-0.4, -0.2) is 20.7 Å². The molecule has 2 aromatic rings. The van der Waals surface area contributed by atoms with E-state index in [2.05, 4.69) is 15.4 Å². The molecule has 2 heterocycles. The maximum Gasteiger partial charge on any atom is 0.260 e. The number of hydrogen-bond donors (Lipinski definition) is 1. The van der Waals surface area contributed by atoms with E-state index in [1.807, 2.05) is 6.07 Å². The van der Waals surface area contributed by atoms with Gasteiger partial charge in [0.05, 0.1) is 17.3 Å². The minimum Gasteiger partial charge on any atom is -0.306 e. The first kappa shape index (κ1) is 10.8. The number of hydrogen-bond acceptors (Lipinski definition) is 4. The molecule has 0 aliphatic heterocycles. The van der Waals surface area contributed by atoms with Gasteiger partial charge in [-0.15, -0.1) is 0 Å². The van der Waals surface area contributed by atoms with Gasteiger partial charge in [0.2, 0.25) is 0 Å². The number of nitrogens with one attached hydrogen (secondary N) is 1. The number of anilines is 1. The Hall–Kier alpha value is -2.68. The standard InChI is InChI=1S/C11H9N5O/c1-16-7-9(6-14-16)11(17)15-10-3-2-8(4-12)5-13-10/h2-3,5-7H,1H3,(H,13,15,17). The maximum absolute atomic E-state index is 11.7. The Morgan fingerprint density at radius 2 is 2.29 bits per heavy atom. The Labute approximate surface area is 97.5 Å². The zero-order chi connectivity index (χ0) is 12.3. The lowest BCUT2D eigenvalue weighted by Crippen LogP contribution is -2.12. The number of aromatic nitrogens is 3. The monoisotopic (exact) mass is 227 g/mol. The van der Waals surface area contributed by atoms with Crippen molar-refractivity contribution in [3.05, 3.63) is 41.9 Å². The second-order valence-corrected chi connectivity index (χ2v) is 3.40. The van der Waals surface area contributed by atoms with E-state index >= 15 is 0 Å². The third kappa shape index (κ3) is 2.46. The zero-order valence-electron chi connectivity index (χ0n) is 9.08. The molecule has 0 atom stereocenters. The molecule has 0 aliphatic carbocycles. The molecule has 0 aliphatic rings. The summed E-state index contributed by atoms with van der Waals surface area (Å²) in [6.45, 7) is 0. The van der Waals surface area contributed by atoms with Gasteiger partial charge in [-0.2, -0.15) is 10.4 Å². The van der Waals surface area contributed by atoms with Crippen molar-refractivity contribution < 1.29 is 4.79 Å². The van der Waals surface area contributed by atoms with Crippen LogP contribution in [0.5, 0.6) is 0 Å². The fraction of sp³-hybridized carbons (Fsp3) is 0.0909. The van der Waals surface area contributed by atoms with Gasteiger partial charge in [-0.1, -0.05) is 0 Å². The first-order valence-electron chi connectivity index (χ1n) is 4.85. The van der Waals surface area contributed by atoms with Crippen LogP contribution in [0.1, 0.15) is 15.9 Å². The van der Waals surface area contributed by atoms with Gasteiger partial charge in [0, 0.05) is 19.4 Å². The molecule has 0 spiro atoms. The van der Waals surface area contributed by atoms with E-state index < -0.39 is 0 Å². The van der Waals surface area contributed by atoms with Gasteiger partial charge >= 0.3 is 0 Å². The van der Waals surface area contributed by atoms with Gasteiger partial charge in [0.15, 0.2) is 0 Å². The number of nitriles is 1. The van der Waals surface area contributed by atoms with Gasteiger partial charge in [0.25, 0.3) is 5.91 Å². The Bertz CT molecular complexity index is 579. The molecule has 1 N–H and O–H groups in total. The van der Waals surface area contributed by atoms with E-state index in [4.69, 9.17) is 5.26 Å². The molecule has 0 aromatic carbocycles. The van der Waals surface area contributed by atoms with E-state index in [9.17, 15) is 4.79 Å². The molecule has 0 fully saturated rings. The summed E-state index contributed by atoms with van der Waals surface area (Å²) >= 11 is 0. The van der Waals surface area contributed by atoms with Crippen molar-refractivity contribution in [3.8, 4) is 6.07 Å². The summed E-state index contributed by atoms with van der Waals surface area (Å²) in [4.78, 5) is 15.7. The molecule has 2 aromatic heterocycles. The molecule has 17 heavy (non-hydrogen) atoms. The van der Waals surface area contributed by atoms with Crippen LogP contribution < -0.4 is 5.32 Å². The number of carbonyl (C=O) groups is 1. The topological polar surface area (TPSA) is 83.6 Å². The van der Waals surface area contributed by atoms with Crippen molar-refractivity contribution in [2.75, 3.05) is 5.32 Å². The first-order chi connectivity index (χ1) is 8.19. The molecule has 1 amide bonds. The summed E-state index contributed by atoms with van der Waals surface area (Å²) in [5.41, 5.74) is 0.906. The Balaban J connectivity index is 2.11. The number of carbonyl (C=O) groups excluding carboxylic acids is 1. The van der Waals surface area contributed by atoms with Gasteiger partial charge in [-0.05, 0) is 12.1 Å². The van der Waals surface area contributed by atoms with Crippen molar-refractivity contribution >= 4 is 11.7 Å². The van der Waals surface area contributed by atoms with Gasteiger partial charge in [0.1, 0.15) is 11.9 Å². The predicted octanol–water partition coefficient (Wildman–Crippen LogP) is 0.939. The summed E-state index contributed by atoms with van der Waals surface area (Å²) in [5.74, 6) is 0.119. The lowest BCUT2D eigenvalue weighted by Gasteiger charge is -2.01. The van der Waals surface area contributed by atoms with Crippen LogP contribution in [0.25, 0.3) is 0 Å². The second kappa shape index (κ2) is 4.45. The zero-order valence-corrected chi connectivity index (χ0v) is 9.08. The largest absolute Gasteiger partial charge is 0.306 e. The Morgan fingerprint density at radius 1 is 1.47 bits per heavy atom. The van der Waals surface area contributed by atoms with E-state index in [0.717, 1.165) is 0 Å². The fourth-order valence-electron chi connectivity index (χ4n) is 1.26. The summed E-state index contributed by atoms with van der Waals surface area (Å²) in [6, 6.07) is 5.12. The highest BCUT2D eigenvalue weighted by molar-refractivity contribution is 6.03. The highest BCUT2D eigenvalue weighted by Crippen LogP contribution is 2.06. The fourth-order valence-corrected chi connectivity index (χ4v) is 1.26. The van der Waals surface area contributed by atoms with Gasteiger partial charge in [-0.3, -0.25) is 9.48 Å². The smallest absolute Gasteiger partial charge is 0.260 e. The average molecular weight is 227 g/mol. The quantitative estimate of drug-likeness (QED) is 0.827. The van der Waals surface area contributed by atoms with Crippen molar-refractivity contribution in [1.29, 1.82) is 5.26 Å². The molecular formula is C11H9N5O. The Kier molecular flexibility index (Phi) is 2.83. The molecule has 0 saturated heterocycles. The molecule has 6 heteroatoms. The van der Waals surface area contributed by atoms with E-state index in [0.29, 0.717) is 16.9 Å². The van der Waals surface area contributed by atoms with E-state index in [-0.39, 0.29) is 5.91 Å². The third-order valence-corrected chi connectivity index (χ3v) is 2.10. The van der Waals surface area contributed by atoms with E-state index in [1.165, 1.54) is 12.4 Å². The Morgan fingerprint density at radius 3 is 2.82 bits per heavy atom. The van der Waals surface area contributed by atoms with Crippen LogP contribution in [0.15, 0.2) is 30.7 Å². The van der Waals surface area contributed by atoms with Crippen molar-refractivity contribution in [2.45, 2.75) is 0 Å². The minimum atomic E-state index is -0.282. The molecule has 0 radical (unpaired) electrons. The van der Waals surface area contributed by atoms with E-state index in [1.54, 1.807) is 30.1 Å². The molecule has 6 nitrogen and oxygen atoms in total. The molecule has 0 saturated carbocycles. The first-order valence-corrected chi connectivity index (χ1v) is 4.85.